The van der Waals surface area contributed by atoms with Crippen molar-refractivity contribution in [3.8, 4) is 0 Å². The van der Waals surface area contributed by atoms with Crippen molar-refractivity contribution >= 4 is 0 Å². The second-order valence-electron chi connectivity index (χ2n) is 6.35. The van der Waals surface area contributed by atoms with Gasteiger partial charge in [-0.05, 0) is 31.7 Å². The Morgan fingerprint density at radius 2 is 1.95 bits per heavy atom. The third-order valence-electron chi connectivity index (χ3n) is 4.99. The number of rotatable bonds is 7. The molecule has 2 unspecified atom stereocenters. The van der Waals surface area contributed by atoms with E-state index in [4.69, 9.17) is 10.5 Å². The molecule has 1 heterocycles. The summed E-state index contributed by atoms with van der Waals surface area (Å²) in [4.78, 5) is 2.57. The summed E-state index contributed by atoms with van der Waals surface area (Å²) in [7, 11) is 0. The van der Waals surface area contributed by atoms with Crippen LogP contribution in [0.15, 0.2) is 0 Å². The lowest BCUT2D eigenvalue weighted by atomic mass is 9.84. The minimum absolute atomic E-state index is 0.459. The molecule has 0 aromatic heterocycles. The van der Waals surface area contributed by atoms with Crippen LogP contribution in [0.4, 0.5) is 0 Å². The van der Waals surface area contributed by atoms with E-state index in [9.17, 15) is 0 Å². The first kappa shape index (κ1) is 15.3. The monoisotopic (exact) mass is 268 g/mol. The number of nitrogens with two attached hydrogens (primary N) is 1. The van der Waals surface area contributed by atoms with Crippen LogP contribution in [-0.2, 0) is 4.74 Å². The SMILES string of the molecule is CCN(CC1CCCO1)C(CN)CC1CCCCC1. The lowest BCUT2D eigenvalue weighted by Gasteiger charge is -2.35. The maximum Gasteiger partial charge on any atom is 0.0702 e. The predicted octanol–water partition coefficient (Wildman–Crippen LogP) is 2.79. The quantitative estimate of drug-likeness (QED) is 0.771. The lowest BCUT2D eigenvalue weighted by Crippen LogP contribution is -2.45. The van der Waals surface area contributed by atoms with E-state index in [0.29, 0.717) is 12.1 Å². The molecule has 2 N–H and O–H groups in total. The van der Waals surface area contributed by atoms with Crippen LogP contribution in [0.2, 0.25) is 0 Å². The molecule has 0 aromatic carbocycles. The highest BCUT2D eigenvalue weighted by molar-refractivity contribution is 4.80. The molecule has 112 valence electrons. The van der Waals surface area contributed by atoms with Gasteiger partial charge in [0.05, 0.1) is 6.10 Å². The molecule has 2 atom stereocenters. The molecule has 3 nitrogen and oxygen atoms in total. The number of hydrogen-bond acceptors (Lipinski definition) is 3. The summed E-state index contributed by atoms with van der Waals surface area (Å²) < 4.78 is 5.79. The zero-order valence-electron chi connectivity index (χ0n) is 12.7. The Hall–Kier alpha value is -0.120. The normalized spacial score (nSPS) is 27.0. The Balaban J connectivity index is 1.81. The van der Waals surface area contributed by atoms with Gasteiger partial charge >= 0.3 is 0 Å². The summed E-state index contributed by atoms with van der Waals surface area (Å²) in [6, 6.07) is 0.567. The van der Waals surface area contributed by atoms with Crippen LogP contribution >= 0.6 is 0 Å². The van der Waals surface area contributed by atoms with Gasteiger partial charge < -0.3 is 10.5 Å². The Bertz CT molecular complexity index is 235. The summed E-state index contributed by atoms with van der Waals surface area (Å²) in [6.45, 7) is 6.22. The van der Waals surface area contributed by atoms with Gasteiger partial charge in [0.25, 0.3) is 0 Å². The molecule has 0 bridgehead atoms. The average Bonchev–Trinajstić information content (AvgIpc) is 2.96. The maximum absolute atomic E-state index is 6.06. The Labute approximate surface area is 118 Å². The van der Waals surface area contributed by atoms with Crippen LogP contribution in [0.1, 0.15) is 58.3 Å². The van der Waals surface area contributed by atoms with E-state index in [1.807, 2.05) is 0 Å². The van der Waals surface area contributed by atoms with Crippen LogP contribution in [0.3, 0.4) is 0 Å². The molecule has 1 saturated heterocycles. The molecule has 19 heavy (non-hydrogen) atoms. The fourth-order valence-electron chi connectivity index (χ4n) is 3.79. The third-order valence-corrected chi connectivity index (χ3v) is 4.99. The predicted molar refractivity (Wildman–Crippen MR) is 80.3 cm³/mol. The standard InChI is InChI=1S/C16H32N2O/c1-2-18(13-16-9-6-10-19-16)15(12-17)11-14-7-4-3-5-8-14/h14-16H,2-13,17H2,1H3. The van der Waals surface area contributed by atoms with E-state index in [0.717, 1.165) is 32.2 Å². The third kappa shape index (κ3) is 4.73. The minimum Gasteiger partial charge on any atom is -0.377 e. The molecule has 2 aliphatic rings. The number of likely N-dealkylation sites (N-methyl/N-ethyl adjacent to an activating group) is 1. The lowest BCUT2D eigenvalue weighted by molar-refractivity contribution is 0.0539. The topological polar surface area (TPSA) is 38.5 Å². The number of nitrogens with zero attached hydrogens (tertiary/aromatic N) is 1. The molecule has 2 rings (SSSR count). The molecule has 1 aliphatic heterocycles. The fraction of sp³-hybridized carbons (Fsp3) is 1.00. The Morgan fingerprint density at radius 3 is 2.53 bits per heavy atom. The van der Waals surface area contributed by atoms with Gasteiger partial charge in [0, 0.05) is 25.7 Å². The van der Waals surface area contributed by atoms with Crippen molar-refractivity contribution in [3.05, 3.63) is 0 Å². The van der Waals surface area contributed by atoms with Crippen LogP contribution < -0.4 is 5.73 Å². The highest BCUT2D eigenvalue weighted by atomic mass is 16.5. The highest BCUT2D eigenvalue weighted by Crippen LogP contribution is 2.28. The van der Waals surface area contributed by atoms with E-state index < -0.39 is 0 Å². The van der Waals surface area contributed by atoms with Gasteiger partial charge in [-0.2, -0.15) is 0 Å². The van der Waals surface area contributed by atoms with Gasteiger partial charge in [0.1, 0.15) is 0 Å². The molecule has 0 spiro atoms. The molecule has 0 aromatic rings. The van der Waals surface area contributed by atoms with Crippen molar-refractivity contribution in [1.82, 2.24) is 4.90 Å². The van der Waals surface area contributed by atoms with Crippen LogP contribution in [0.25, 0.3) is 0 Å². The molecule has 1 aliphatic carbocycles. The molecule has 2 fully saturated rings. The first-order valence-corrected chi connectivity index (χ1v) is 8.39. The molecular weight excluding hydrogens is 236 g/mol. The first-order chi connectivity index (χ1) is 9.33. The largest absolute Gasteiger partial charge is 0.377 e. The van der Waals surface area contributed by atoms with Crippen molar-refractivity contribution < 1.29 is 4.74 Å². The van der Waals surface area contributed by atoms with E-state index in [1.165, 1.54) is 51.4 Å². The van der Waals surface area contributed by atoms with Gasteiger partial charge in [-0.15, -0.1) is 0 Å². The van der Waals surface area contributed by atoms with Crippen LogP contribution in [0, 0.1) is 5.92 Å². The van der Waals surface area contributed by atoms with Crippen molar-refractivity contribution in [1.29, 1.82) is 0 Å². The Morgan fingerprint density at radius 1 is 1.16 bits per heavy atom. The summed E-state index contributed by atoms with van der Waals surface area (Å²) in [5, 5.41) is 0. The second-order valence-corrected chi connectivity index (χ2v) is 6.35. The summed E-state index contributed by atoms with van der Waals surface area (Å²) in [6.07, 6.45) is 11.4. The van der Waals surface area contributed by atoms with E-state index >= 15 is 0 Å². The average molecular weight is 268 g/mol. The van der Waals surface area contributed by atoms with E-state index in [2.05, 4.69) is 11.8 Å². The fourth-order valence-corrected chi connectivity index (χ4v) is 3.79. The van der Waals surface area contributed by atoms with Crippen molar-refractivity contribution in [2.75, 3.05) is 26.2 Å². The highest BCUT2D eigenvalue weighted by Gasteiger charge is 2.25. The van der Waals surface area contributed by atoms with Crippen molar-refractivity contribution in [3.63, 3.8) is 0 Å². The molecule has 0 radical (unpaired) electrons. The van der Waals surface area contributed by atoms with Gasteiger partial charge in [-0.1, -0.05) is 39.0 Å². The van der Waals surface area contributed by atoms with E-state index in [-0.39, 0.29) is 0 Å². The first-order valence-electron chi connectivity index (χ1n) is 8.39. The molecule has 0 amide bonds. The molecule has 3 heteroatoms. The van der Waals surface area contributed by atoms with Crippen LogP contribution in [0.5, 0.6) is 0 Å². The Kier molecular flexibility index (Phi) is 6.62. The number of ether oxygens (including phenoxy) is 1. The van der Waals surface area contributed by atoms with Gasteiger partial charge in [-0.3, -0.25) is 4.90 Å². The summed E-state index contributed by atoms with van der Waals surface area (Å²) >= 11 is 0. The minimum atomic E-state index is 0.459. The van der Waals surface area contributed by atoms with Gasteiger partial charge in [-0.25, -0.2) is 0 Å². The van der Waals surface area contributed by atoms with E-state index in [1.54, 1.807) is 0 Å². The maximum atomic E-state index is 6.06. The zero-order chi connectivity index (χ0) is 13.5. The second kappa shape index (κ2) is 8.23. The van der Waals surface area contributed by atoms with Gasteiger partial charge in [0.2, 0.25) is 0 Å². The zero-order valence-corrected chi connectivity index (χ0v) is 12.7. The number of hydrogen-bond donors (Lipinski definition) is 1. The summed E-state index contributed by atoms with van der Waals surface area (Å²) in [5.74, 6) is 0.917. The molecule has 1 saturated carbocycles. The summed E-state index contributed by atoms with van der Waals surface area (Å²) in [5.41, 5.74) is 6.06. The van der Waals surface area contributed by atoms with Crippen molar-refractivity contribution in [2.45, 2.75) is 70.4 Å². The van der Waals surface area contributed by atoms with Crippen molar-refractivity contribution in [2.24, 2.45) is 11.7 Å². The van der Waals surface area contributed by atoms with Gasteiger partial charge in [0.15, 0.2) is 0 Å². The molecular formula is C16H32N2O. The smallest absolute Gasteiger partial charge is 0.0702 e. The van der Waals surface area contributed by atoms with Crippen LogP contribution in [-0.4, -0.2) is 43.3 Å².